The SMILES string of the molecule is Cc1nc2cc(NC(=O)CN3CCC[C@H]3Cn3cccn3)ccc2n1C. The number of carbonyl (C=O) groups excluding carboxylic acids is 1. The molecule has 0 saturated carbocycles. The zero-order chi connectivity index (χ0) is 18.1. The molecule has 7 nitrogen and oxygen atoms in total. The van der Waals surface area contributed by atoms with E-state index in [0.717, 1.165) is 48.5 Å². The number of hydrogen-bond donors (Lipinski definition) is 1. The van der Waals surface area contributed by atoms with Crippen molar-refractivity contribution in [2.75, 3.05) is 18.4 Å². The van der Waals surface area contributed by atoms with E-state index in [1.165, 1.54) is 0 Å². The van der Waals surface area contributed by atoms with Crippen LogP contribution in [0.2, 0.25) is 0 Å². The van der Waals surface area contributed by atoms with Gasteiger partial charge in [0.25, 0.3) is 0 Å². The second-order valence-corrected chi connectivity index (χ2v) is 6.96. The minimum absolute atomic E-state index is 0.0179. The average Bonchev–Trinajstić information content (AvgIpc) is 3.32. The van der Waals surface area contributed by atoms with Crippen LogP contribution in [0.1, 0.15) is 18.7 Å². The number of nitrogens with zero attached hydrogens (tertiary/aromatic N) is 5. The number of rotatable bonds is 5. The Kier molecular flexibility index (Phi) is 4.46. The first-order chi connectivity index (χ1) is 12.6. The molecule has 3 aromatic rings. The number of carbonyl (C=O) groups is 1. The van der Waals surface area contributed by atoms with E-state index in [2.05, 4.69) is 20.3 Å². The van der Waals surface area contributed by atoms with Gasteiger partial charge in [0.05, 0.1) is 24.1 Å². The molecule has 1 amide bonds. The third-order valence-electron chi connectivity index (χ3n) is 5.19. The fourth-order valence-electron chi connectivity index (χ4n) is 3.72. The second-order valence-electron chi connectivity index (χ2n) is 6.96. The van der Waals surface area contributed by atoms with Crippen molar-refractivity contribution in [3.63, 3.8) is 0 Å². The lowest BCUT2D eigenvalue weighted by Gasteiger charge is -2.23. The first kappa shape index (κ1) is 16.8. The van der Waals surface area contributed by atoms with Crippen LogP contribution in [0.4, 0.5) is 5.69 Å². The Bertz CT molecular complexity index is 914. The number of fused-ring (bicyclic) bond motifs is 1. The average molecular weight is 352 g/mol. The van der Waals surface area contributed by atoms with Gasteiger partial charge >= 0.3 is 0 Å². The van der Waals surface area contributed by atoms with E-state index in [1.807, 2.05) is 53.7 Å². The molecule has 1 saturated heterocycles. The minimum atomic E-state index is 0.0179. The van der Waals surface area contributed by atoms with Crippen molar-refractivity contribution in [1.29, 1.82) is 0 Å². The number of hydrogen-bond acceptors (Lipinski definition) is 4. The van der Waals surface area contributed by atoms with Gasteiger partial charge in [-0.25, -0.2) is 4.98 Å². The zero-order valence-corrected chi connectivity index (χ0v) is 15.2. The van der Waals surface area contributed by atoms with Gasteiger partial charge in [-0.3, -0.25) is 14.4 Å². The number of imidazole rings is 1. The first-order valence-electron chi connectivity index (χ1n) is 9.04. The molecule has 136 valence electrons. The van der Waals surface area contributed by atoms with Crippen molar-refractivity contribution in [3.8, 4) is 0 Å². The number of nitrogens with one attached hydrogen (secondary N) is 1. The molecular weight excluding hydrogens is 328 g/mol. The Morgan fingerprint density at radius 3 is 3.08 bits per heavy atom. The standard InChI is InChI=1S/C19H24N6O/c1-14-21-17-11-15(6-7-18(17)23(14)2)22-19(26)13-24-9-3-5-16(24)12-25-10-4-8-20-25/h4,6-8,10-11,16H,3,5,9,12-13H2,1-2H3,(H,22,26)/t16-/m0/s1. The molecule has 3 heterocycles. The molecule has 1 aliphatic heterocycles. The zero-order valence-electron chi connectivity index (χ0n) is 15.2. The van der Waals surface area contributed by atoms with Gasteiger partial charge < -0.3 is 9.88 Å². The summed E-state index contributed by atoms with van der Waals surface area (Å²) in [6.07, 6.45) is 5.99. The summed E-state index contributed by atoms with van der Waals surface area (Å²) < 4.78 is 3.99. The van der Waals surface area contributed by atoms with Gasteiger partial charge in [0.1, 0.15) is 5.82 Å². The van der Waals surface area contributed by atoms with Crippen LogP contribution in [0, 0.1) is 6.92 Å². The maximum atomic E-state index is 12.5. The van der Waals surface area contributed by atoms with Crippen molar-refractivity contribution < 1.29 is 4.79 Å². The highest BCUT2D eigenvalue weighted by Crippen LogP contribution is 2.21. The van der Waals surface area contributed by atoms with Crippen LogP contribution in [-0.4, -0.2) is 49.3 Å². The van der Waals surface area contributed by atoms with Gasteiger partial charge in [-0.2, -0.15) is 5.10 Å². The van der Waals surface area contributed by atoms with Gasteiger partial charge in [-0.15, -0.1) is 0 Å². The van der Waals surface area contributed by atoms with E-state index < -0.39 is 0 Å². The summed E-state index contributed by atoms with van der Waals surface area (Å²) in [6, 6.07) is 8.17. The van der Waals surface area contributed by atoms with Crippen LogP contribution in [0.3, 0.4) is 0 Å². The van der Waals surface area contributed by atoms with E-state index in [1.54, 1.807) is 6.20 Å². The molecule has 1 aliphatic rings. The molecule has 0 unspecified atom stereocenters. The van der Waals surface area contributed by atoms with E-state index in [4.69, 9.17) is 0 Å². The predicted molar refractivity (Wildman–Crippen MR) is 101 cm³/mol. The van der Waals surface area contributed by atoms with Crippen LogP contribution in [-0.2, 0) is 18.4 Å². The highest BCUT2D eigenvalue weighted by Gasteiger charge is 2.26. The van der Waals surface area contributed by atoms with E-state index in [0.29, 0.717) is 12.6 Å². The first-order valence-corrected chi connectivity index (χ1v) is 9.04. The number of likely N-dealkylation sites (tertiary alicyclic amines) is 1. The molecule has 7 heteroatoms. The fraction of sp³-hybridized carbons (Fsp3) is 0.421. The van der Waals surface area contributed by atoms with Crippen LogP contribution in [0.5, 0.6) is 0 Å². The van der Waals surface area contributed by atoms with Crippen molar-refractivity contribution in [1.82, 2.24) is 24.2 Å². The molecule has 1 aromatic carbocycles. The third kappa shape index (κ3) is 3.35. The Morgan fingerprint density at radius 1 is 1.38 bits per heavy atom. The normalized spacial score (nSPS) is 17.8. The highest BCUT2D eigenvalue weighted by atomic mass is 16.2. The number of amides is 1. The molecule has 1 fully saturated rings. The lowest BCUT2D eigenvalue weighted by molar-refractivity contribution is -0.117. The summed E-state index contributed by atoms with van der Waals surface area (Å²) in [5.41, 5.74) is 2.77. The maximum Gasteiger partial charge on any atom is 0.238 e. The predicted octanol–water partition coefficient (Wildman–Crippen LogP) is 2.18. The summed E-state index contributed by atoms with van der Waals surface area (Å²) in [5.74, 6) is 0.978. The Labute approximate surface area is 152 Å². The van der Waals surface area contributed by atoms with Crippen molar-refractivity contribution in [2.24, 2.45) is 7.05 Å². The van der Waals surface area contributed by atoms with Gasteiger partial charge in [0.2, 0.25) is 5.91 Å². The number of benzene rings is 1. The third-order valence-corrected chi connectivity index (χ3v) is 5.19. The minimum Gasteiger partial charge on any atom is -0.331 e. The van der Waals surface area contributed by atoms with E-state index >= 15 is 0 Å². The highest BCUT2D eigenvalue weighted by molar-refractivity contribution is 5.94. The maximum absolute atomic E-state index is 12.5. The van der Waals surface area contributed by atoms with Crippen LogP contribution < -0.4 is 5.32 Å². The molecule has 0 radical (unpaired) electrons. The molecule has 4 rings (SSSR count). The molecule has 0 aliphatic carbocycles. The summed E-state index contributed by atoms with van der Waals surface area (Å²) in [5, 5.41) is 7.30. The Morgan fingerprint density at radius 2 is 2.27 bits per heavy atom. The largest absolute Gasteiger partial charge is 0.331 e. The summed E-state index contributed by atoms with van der Waals surface area (Å²) in [6.45, 7) is 4.17. The molecular formula is C19H24N6O. The van der Waals surface area contributed by atoms with E-state index in [-0.39, 0.29) is 5.91 Å². The van der Waals surface area contributed by atoms with Crippen molar-refractivity contribution in [3.05, 3.63) is 42.5 Å². The Hall–Kier alpha value is -2.67. The number of aromatic nitrogens is 4. The summed E-state index contributed by atoms with van der Waals surface area (Å²) in [4.78, 5) is 19.3. The monoisotopic (exact) mass is 352 g/mol. The lowest BCUT2D eigenvalue weighted by Crippen LogP contribution is -2.39. The molecule has 1 atom stereocenters. The Balaban J connectivity index is 1.40. The van der Waals surface area contributed by atoms with E-state index in [9.17, 15) is 4.79 Å². The van der Waals surface area contributed by atoms with Gasteiger partial charge in [-0.05, 0) is 50.6 Å². The van der Waals surface area contributed by atoms with Gasteiger partial charge in [0, 0.05) is 31.2 Å². The number of anilines is 1. The number of aryl methyl sites for hydroxylation is 2. The quantitative estimate of drug-likeness (QED) is 0.764. The van der Waals surface area contributed by atoms with Gasteiger partial charge in [0.15, 0.2) is 0 Å². The molecule has 0 spiro atoms. The lowest BCUT2D eigenvalue weighted by atomic mass is 10.2. The van der Waals surface area contributed by atoms with Crippen molar-refractivity contribution in [2.45, 2.75) is 32.4 Å². The van der Waals surface area contributed by atoms with Gasteiger partial charge in [-0.1, -0.05) is 0 Å². The van der Waals surface area contributed by atoms with Crippen LogP contribution in [0.25, 0.3) is 11.0 Å². The smallest absolute Gasteiger partial charge is 0.238 e. The van der Waals surface area contributed by atoms with Crippen LogP contribution in [0.15, 0.2) is 36.7 Å². The topological polar surface area (TPSA) is 68.0 Å². The second kappa shape index (κ2) is 6.92. The molecule has 2 aromatic heterocycles. The van der Waals surface area contributed by atoms with Crippen molar-refractivity contribution >= 4 is 22.6 Å². The molecule has 26 heavy (non-hydrogen) atoms. The summed E-state index contributed by atoms with van der Waals surface area (Å²) in [7, 11) is 2.00. The fourth-order valence-corrected chi connectivity index (χ4v) is 3.72. The van der Waals surface area contributed by atoms with Crippen LogP contribution >= 0.6 is 0 Å². The molecule has 1 N–H and O–H groups in total. The summed E-state index contributed by atoms with van der Waals surface area (Å²) >= 11 is 0. The molecule has 0 bridgehead atoms.